The van der Waals surface area contributed by atoms with Crippen molar-refractivity contribution in [3.63, 3.8) is 0 Å². The maximum absolute atomic E-state index is 8.78. The summed E-state index contributed by atoms with van der Waals surface area (Å²) < 4.78 is 0. The summed E-state index contributed by atoms with van der Waals surface area (Å²) in [6.07, 6.45) is 0.867. The first-order valence-corrected chi connectivity index (χ1v) is 7.23. The Morgan fingerprint density at radius 3 is 2.73 bits per heavy atom. The van der Waals surface area contributed by atoms with Crippen molar-refractivity contribution in [1.29, 1.82) is 0 Å². The van der Waals surface area contributed by atoms with Crippen LogP contribution >= 0.6 is 23.1 Å². The topological polar surface area (TPSA) is 33.1 Å². The second-order valence-electron chi connectivity index (χ2n) is 3.97. The van der Waals surface area contributed by atoms with E-state index >= 15 is 0 Å². The second kappa shape index (κ2) is 6.51. The molecule has 1 unspecified atom stereocenters. The molecule has 0 saturated heterocycles. The molecular formula is C11H19NOS2. The minimum atomic E-state index is 0.280. The van der Waals surface area contributed by atoms with E-state index in [-0.39, 0.29) is 6.61 Å². The molecular weight excluding hydrogens is 226 g/mol. The van der Waals surface area contributed by atoms with Crippen molar-refractivity contribution in [2.24, 2.45) is 0 Å². The van der Waals surface area contributed by atoms with Gasteiger partial charge in [0.15, 0.2) is 0 Å². The van der Waals surface area contributed by atoms with Gasteiger partial charge in [-0.2, -0.15) is 11.8 Å². The Morgan fingerprint density at radius 1 is 1.47 bits per heavy atom. The van der Waals surface area contributed by atoms with Crippen molar-refractivity contribution < 1.29 is 5.11 Å². The first-order chi connectivity index (χ1) is 7.13. The molecule has 1 aromatic heterocycles. The van der Waals surface area contributed by atoms with Crippen LogP contribution in [0.4, 0.5) is 0 Å². The van der Waals surface area contributed by atoms with Crippen LogP contribution in [-0.2, 0) is 5.75 Å². The quantitative estimate of drug-likeness (QED) is 0.835. The van der Waals surface area contributed by atoms with E-state index in [9.17, 15) is 0 Å². The molecule has 15 heavy (non-hydrogen) atoms. The zero-order valence-electron chi connectivity index (χ0n) is 9.56. The van der Waals surface area contributed by atoms with Crippen molar-refractivity contribution in [1.82, 2.24) is 4.98 Å². The number of thiazole rings is 1. The number of thioether (sulfide) groups is 1. The van der Waals surface area contributed by atoms with E-state index in [0.717, 1.165) is 12.2 Å². The molecule has 4 heteroatoms. The molecule has 1 N–H and O–H groups in total. The largest absolute Gasteiger partial charge is 0.396 e. The molecule has 1 atom stereocenters. The number of nitrogens with zero attached hydrogens (tertiary/aromatic N) is 1. The summed E-state index contributed by atoms with van der Waals surface area (Å²) in [5.41, 5.74) is 1.18. The fourth-order valence-corrected chi connectivity index (χ4v) is 2.96. The molecule has 0 aromatic carbocycles. The molecule has 0 amide bonds. The lowest BCUT2D eigenvalue weighted by Gasteiger charge is -2.07. The van der Waals surface area contributed by atoms with Gasteiger partial charge >= 0.3 is 0 Å². The van der Waals surface area contributed by atoms with Crippen LogP contribution in [0.1, 0.15) is 43.8 Å². The third-order valence-corrected chi connectivity index (χ3v) is 4.58. The first kappa shape index (κ1) is 13.0. The minimum absolute atomic E-state index is 0.280. The summed E-state index contributed by atoms with van der Waals surface area (Å²) in [4.78, 5) is 4.58. The molecule has 1 heterocycles. The van der Waals surface area contributed by atoms with E-state index < -0.39 is 0 Å². The van der Waals surface area contributed by atoms with Gasteiger partial charge in [0, 0.05) is 28.9 Å². The van der Waals surface area contributed by atoms with Crippen LogP contribution in [0.2, 0.25) is 0 Å². The normalized spacial score (nSPS) is 13.4. The van der Waals surface area contributed by atoms with Crippen molar-refractivity contribution in [2.45, 2.75) is 44.1 Å². The second-order valence-corrected chi connectivity index (χ2v) is 6.28. The number of aliphatic hydroxyl groups excluding tert-OH is 1. The van der Waals surface area contributed by atoms with E-state index in [0.29, 0.717) is 11.2 Å². The molecule has 0 spiro atoms. The van der Waals surface area contributed by atoms with Gasteiger partial charge in [-0.25, -0.2) is 4.98 Å². The van der Waals surface area contributed by atoms with Crippen molar-refractivity contribution in [3.05, 3.63) is 16.1 Å². The maximum Gasteiger partial charge on any atom is 0.0954 e. The van der Waals surface area contributed by atoms with Crippen LogP contribution in [0.5, 0.6) is 0 Å². The van der Waals surface area contributed by atoms with Crippen LogP contribution < -0.4 is 0 Å². The maximum atomic E-state index is 8.78. The number of rotatable bonds is 6. The monoisotopic (exact) mass is 245 g/mol. The molecule has 0 aliphatic carbocycles. The SMILES string of the molecule is CC(CCO)SCc1csc(C(C)C)n1. The molecule has 1 aromatic rings. The fourth-order valence-electron chi connectivity index (χ4n) is 1.15. The molecule has 0 aliphatic rings. The summed E-state index contributed by atoms with van der Waals surface area (Å²) >= 11 is 3.61. The third kappa shape index (κ3) is 4.53. The summed E-state index contributed by atoms with van der Waals surface area (Å²) in [6.45, 7) is 6.77. The van der Waals surface area contributed by atoms with E-state index in [4.69, 9.17) is 5.11 Å². The van der Waals surface area contributed by atoms with Crippen molar-refractivity contribution in [3.8, 4) is 0 Å². The van der Waals surface area contributed by atoms with Crippen molar-refractivity contribution >= 4 is 23.1 Å². The molecule has 0 fully saturated rings. The number of aliphatic hydroxyl groups is 1. The Balaban J connectivity index is 2.37. The molecule has 2 nitrogen and oxygen atoms in total. The highest BCUT2D eigenvalue weighted by molar-refractivity contribution is 7.99. The number of hydrogen-bond donors (Lipinski definition) is 1. The zero-order valence-corrected chi connectivity index (χ0v) is 11.2. The number of aromatic nitrogens is 1. The summed E-state index contributed by atoms with van der Waals surface area (Å²) in [7, 11) is 0. The van der Waals surface area contributed by atoms with Crippen LogP contribution in [0.25, 0.3) is 0 Å². The van der Waals surface area contributed by atoms with Gasteiger partial charge in [0.05, 0.1) is 10.7 Å². The predicted molar refractivity (Wildman–Crippen MR) is 68.7 cm³/mol. The Hall–Kier alpha value is -0.0600. The van der Waals surface area contributed by atoms with Crippen LogP contribution in [-0.4, -0.2) is 21.9 Å². The van der Waals surface area contributed by atoms with Gasteiger partial charge in [0.25, 0.3) is 0 Å². The summed E-state index contributed by atoms with van der Waals surface area (Å²) in [5, 5.41) is 12.7. The Labute approximate surface area is 100 Å². The summed E-state index contributed by atoms with van der Waals surface area (Å²) in [5.74, 6) is 1.49. The van der Waals surface area contributed by atoms with E-state index in [1.165, 1.54) is 10.7 Å². The Morgan fingerprint density at radius 2 is 2.20 bits per heavy atom. The molecule has 86 valence electrons. The Bertz CT molecular complexity index is 286. The Kier molecular flexibility index (Phi) is 5.64. The highest BCUT2D eigenvalue weighted by atomic mass is 32.2. The predicted octanol–water partition coefficient (Wildman–Crippen LogP) is 3.27. The van der Waals surface area contributed by atoms with E-state index in [2.05, 4.69) is 31.1 Å². The van der Waals surface area contributed by atoms with Gasteiger partial charge in [-0.05, 0) is 6.42 Å². The fraction of sp³-hybridized carbons (Fsp3) is 0.727. The lowest BCUT2D eigenvalue weighted by Crippen LogP contribution is -2.00. The average Bonchev–Trinajstić information content (AvgIpc) is 2.63. The molecule has 0 radical (unpaired) electrons. The molecule has 0 aliphatic heterocycles. The van der Waals surface area contributed by atoms with Gasteiger partial charge in [-0.3, -0.25) is 0 Å². The summed E-state index contributed by atoms with van der Waals surface area (Å²) in [6, 6.07) is 0. The highest BCUT2D eigenvalue weighted by Crippen LogP contribution is 2.24. The van der Waals surface area contributed by atoms with Crippen LogP contribution in [0.3, 0.4) is 0 Å². The van der Waals surface area contributed by atoms with Gasteiger partial charge in [0.2, 0.25) is 0 Å². The third-order valence-electron chi connectivity index (χ3n) is 2.11. The lowest BCUT2D eigenvalue weighted by molar-refractivity contribution is 0.289. The molecule has 0 bridgehead atoms. The van der Waals surface area contributed by atoms with Crippen LogP contribution in [0.15, 0.2) is 5.38 Å². The molecule has 0 saturated carbocycles. The average molecular weight is 245 g/mol. The highest BCUT2D eigenvalue weighted by Gasteiger charge is 2.07. The van der Waals surface area contributed by atoms with E-state index in [1.807, 2.05) is 11.8 Å². The van der Waals surface area contributed by atoms with E-state index in [1.54, 1.807) is 11.3 Å². The standard InChI is InChI=1S/C11H19NOS2/c1-8(2)11-12-10(7-15-11)6-14-9(3)4-5-13/h7-9,13H,4-6H2,1-3H3. The number of hydrogen-bond acceptors (Lipinski definition) is 4. The van der Waals surface area contributed by atoms with Crippen molar-refractivity contribution in [2.75, 3.05) is 6.61 Å². The smallest absolute Gasteiger partial charge is 0.0954 e. The van der Waals surface area contributed by atoms with Crippen LogP contribution in [0, 0.1) is 0 Å². The lowest BCUT2D eigenvalue weighted by atomic mass is 10.2. The molecule has 1 rings (SSSR count). The first-order valence-electron chi connectivity index (χ1n) is 5.30. The van der Waals surface area contributed by atoms with Gasteiger partial charge in [0.1, 0.15) is 0 Å². The van der Waals surface area contributed by atoms with Gasteiger partial charge in [-0.1, -0.05) is 20.8 Å². The van der Waals surface area contributed by atoms with Gasteiger partial charge < -0.3 is 5.11 Å². The minimum Gasteiger partial charge on any atom is -0.396 e. The van der Waals surface area contributed by atoms with Gasteiger partial charge in [-0.15, -0.1) is 11.3 Å². The zero-order chi connectivity index (χ0) is 11.3.